The minimum Gasteiger partial charge on any atom is -0.495 e. The summed E-state index contributed by atoms with van der Waals surface area (Å²) in [5.41, 5.74) is 4.51. The maximum absolute atomic E-state index is 11.1. The number of carbonyl (C=O) groups is 1. The molecular weight excluding hydrogens is 254 g/mol. The third-order valence-corrected chi connectivity index (χ3v) is 4.17. The van der Waals surface area contributed by atoms with Crippen molar-refractivity contribution < 1.29 is 14.6 Å². The Kier molecular flexibility index (Phi) is 3.16. The van der Waals surface area contributed by atoms with Crippen LogP contribution in [0.15, 0.2) is 12.1 Å². The molecule has 1 heterocycles. The van der Waals surface area contributed by atoms with Crippen molar-refractivity contribution in [2.24, 2.45) is 0 Å². The van der Waals surface area contributed by atoms with Crippen molar-refractivity contribution in [3.05, 3.63) is 29.0 Å². The molecule has 4 nitrogen and oxygen atoms in total. The average Bonchev–Trinajstić information content (AvgIpc) is 2.76. The zero-order valence-electron chi connectivity index (χ0n) is 11.8. The molecule has 0 radical (unpaired) electrons. The van der Waals surface area contributed by atoms with Crippen LogP contribution < -0.4 is 4.74 Å². The van der Waals surface area contributed by atoms with E-state index >= 15 is 0 Å². The lowest BCUT2D eigenvalue weighted by Crippen LogP contribution is -2.12. The monoisotopic (exact) mass is 273 g/mol. The Labute approximate surface area is 117 Å². The topological polar surface area (TPSA) is 62.3 Å². The number of aromatic nitrogens is 1. The van der Waals surface area contributed by atoms with Crippen LogP contribution in [0.1, 0.15) is 42.0 Å². The number of H-pyrrole nitrogens is 1. The molecule has 0 amide bonds. The molecular formula is C16H19NO3. The van der Waals surface area contributed by atoms with Crippen molar-refractivity contribution in [2.45, 2.75) is 38.5 Å². The predicted molar refractivity (Wildman–Crippen MR) is 77.5 cm³/mol. The molecule has 0 saturated heterocycles. The molecule has 106 valence electrons. The number of ether oxygens (including phenoxy) is 1. The predicted octanol–water partition coefficient (Wildman–Crippen LogP) is 3.38. The van der Waals surface area contributed by atoms with Crippen molar-refractivity contribution in [3.8, 4) is 5.75 Å². The Hall–Kier alpha value is -1.97. The number of aromatic amines is 1. The molecule has 3 rings (SSSR count). The summed E-state index contributed by atoms with van der Waals surface area (Å²) in [5.74, 6) is 0.219. The number of carboxylic acids is 1. The van der Waals surface area contributed by atoms with Crippen LogP contribution in [0.4, 0.5) is 0 Å². The molecule has 1 aliphatic rings. The van der Waals surface area contributed by atoms with Crippen LogP contribution >= 0.6 is 0 Å². The van der Waals surface area contributed by atoms with E-state index in [9.17, 15) is 4.79 Å². The van der Waals surface area contributed by atoms with Gasteiger partial charge in [-0.15, -0.1) is 0 Å². The first-order valence-corrected chi connectivity index (χ1v) is 7.01. The maximum atomic E-state index is 11.1. The highest BCUT2D eigenvalue weighted by Gasteiger charge is 2.27. The fourth-order valence-electron chi connectivity index (χ4n) is 3.38. The first-order valence-electron chi connectivity index (χ1n) is 7.01. The molecule has 20 heavy (non-hydrogen) atoms. The quantitative estimate of drug-likeness (QED) is 0.901. The number of aryl methyl sites for hydroxylation is 2. The van der Waals surface area contributed by atoms with E-state index in [0.29, 0.717) is 0 Å². The summed E-state index contributed by atoms with van der Waals surface area (Å²) in [7, 11) is 1.67. The van der Waals surface area contributed by atoms with Crippen LogP contribution in [0.5, 0.6) is 5.75 Å². The van der Waals surface area contributed by atoms with Crippen LogP contribution in [-0.4, -0.2) is 23.2 Å². The largest absolute Gasteiger partial charge is 0.495 e. The minimum atomic E-state index is -0.725. The highest BCUT2D eigenvalue weighted by molar-refractivity contribution is 5.91. The van der Waals surface area contributed by atoms with Gasteiger partial charge in [0.1, 0.15) is 5.75 Å². The summed E-state index contributed by atoms with van der Waals surface area (Å²) in [6.45, 7) is 2.04. The lowest BCUT2D eigenvalue weighted by molar-refractivity contribution is -0.137. The van der Waals surface area contributed by atoms with Crippen molar-refractivity contribution in [3.63, 3.8) is 0 Å². The maximum Gasteiger partial charge on any atom is 0.303 e. The standard InChI is InChI=1S/C16H19NO3/c1-9-6-11-15-10(8-14(18)19)4-3-5-12(15)17-16(11)13(7-9)20-2/h6-7,10,17H,3-5,8H2,1-2H3,(H,18,19). The summed E-state index contributed by atoms with van der Waals surface area (Å²) < 4.78 is 5.45. The summed E-state index contributed by atoms with van der Waals surface area (Å²) >= 11 is 0. The van der Waals surface area contributed by atoms with Crippen molar-refractivity contribution in [1.82, 2.24) is 4.98 Å². The molecule has 0 aliphatic heterocycles. The molecule has 0 bridgehead atoms. The van der Waals surface area contributed by atoms with E-state index in [0.717, 1.165) is 41.5 Å². The Balaban J connectivity index is 2.21. The van der Waals surface area contributed by atoms with Crippen molar-refractivity contribution in [2.75, 3.05) is 7.11 Å². The average molecular weight is 273 g/mol. The molecule has 2 aromatic rings. The number of aliphatic carboxylic acids is 1. The zero-order chi connectivity index (χ0) is 14.3. The van der Waals surface area contributed by atoms with E-state index in [4.69, 9.17) is 9.84 Å². The molecule has 1 atom stereocenters. The zero-order valence-corrected chi connectivity index (χ0v) is 11.8. The second-order valence-corrected chi connectivity index (χ2v) is 5.59. The van der Waals surface area contributed by atoms with Crippen LogP contribution in [0.3, 0.4) is 0 Å². The summed E-state index contributed by atoms with van der Waals surface area (Å²) in [6, 6.07) is 4.14. The lowest BCUT2D eigenvalue weighted by atomic mass is 9.83. The molecule has 1 aliphatic carbocycles. The normalized spacial score (nSPS) is 18.0. The first-order chi connectivity index (χ1) is 9.60. The van der Waals surface area contributed by atoms with Gasteiger partial charge in [0.15, 0.2) is 0 Å². The Morgan fingerprint density at radius 1 is 1.50 bits per heavy atom. The number of hydrogen-bond acceptors (Lipinski definition) is 2. The van der Waals surface area contributed by atoms with Gasteiger partial charge in [-0.3, -0.25) is 4.79 Å². The second kappa shape index (κ2) is 4.85. The van der Waals surface area contributed by atoms with Gasteiger partial charge in [0.05, 0.1) is 19.0 Å². The Bertz CT molecular complexity index is 672. The van der Waals surface area contributed by atoms with Gasteiger partial charge in [-0.25, -0.2) is 0 Å². The first kappa shape index (κ1) is 13.0. The summed E-state index contributed by atoms with van der Waals surface area (Å²) in [4.78, 5) is 14.5. The molecule has 4 heteroatoms. The van der Waals surface area contributed by atoms with Crippen LogP contribution in [0.25, 0.3) is 10.9 Å². The Morgan fingerprint density at radius 3 is 3.00 bits per heavy atom. The van der Waals surface area contributed by atoms with Gasteiger partial charge in [-0.2, -0.15) is 0 Å². The number of fused-ring (bicyclic) bond motifs is 3. The molecule has 0 fully saturated rings. The highest BCUT2D eigenvalue weighted by Crippen LogP contribution is 2.41. The van der Waals surface area contributed by atoms with Crippen molar-refractivity contribution in [1.29, 1.82) is 0 Å². The van der Waals surface area contributed by atoms with E-state index in [2.05, 4.69) is 11.1 Å². The summed E-state index contributed by atoms with van der Waals surface area (Å²) in [5, 5.41) is 10.2. The molecule has 2 N–H and O–H groups in total. The third kappa shape index (κ3) is 2.05. The number of hydrogen-bond donors (Lipinski definition) is 2. The van der Waals surface area contributed by atoms with E-state index in [1.165, 1.54) is 11.3 Å². The third-order valence-electron chi connectivity index (χ3n) is 4.17. The fourth-order valence-corrected chi connectivity index (χ4v) is 3.38. The molecule has 0 saturated carbocycles. The van der Waals surface area contributed by atoms with E-state index < -0.39 is 5.97 Å². The molecule has 1 unspecified atom stereocenters. The van der Waals surface area contributed by atoms with Gasteiger partial charge in [-0.05, 0) is 55.4 Å². The number of methoxy groups -OCH3 is 1. The van der Waals surface area contributed by atoms with E-state index in [1.54, 1.807) is 7.11 Å². The minimum absolute atomic E-state index is 0.108. The summed E-state index contributed by atoms with van der Waals surface area (Å²) in [6.07, 6.45) is 3.18. The second-order valence-electron chi connectivity index (χ2n) is 5.59. The highest BCUT2D eigenvalue weighted by atomic mass is 16.5. The molecule has 1 aromatic heterocycles. The Morgan fingerprint density at radius 2 is 2.30 bits per heavy atom. The number of benzene rings is 1. The van der Waals surface area contributed by atoms with E-state index in [1.807, 2.05) is 13.0 Å². The molecule has 1 aromatic carbocycles. The smallest absolute Gasteiger partial charge is 0.303 e. The van der Waals surface area contributed by atoms with Crippen LogP contribution in [0.2, 0.25) is 0 Å². The van der Waals surface area contributed by atoms with Crippen LogP contribution in [0, 0.1) is 6.92 Å². The van der Waals surface area contributed by atoms with Crippen molar-refractivity contribution >= 4 is 16.9 Å². The van der Waals surface area contributed by atoms with Gasteiger partial charge in [-0.1, -0.05) is 0 Å². The van der Waals surface area contributed by atoms with Gasteiger partial charge in [0.25, 0.3) is 0 Å². The number of carboxylic acid groups (broad SMARTS) is 1. The van der Waals surface area contributed by atoms with Gasteiger partial charge < -0.3 is 14.8 Å². The number of rotatable bonds is 3. The van der Waals surface area contributed by atoms with Gasteiger partial charge in [0, 0.05) is 11.1 Å². The fraction of sp³-hybridized carbons (Fsp3) is 0.438. The van der Waals surface area contributed by atoms with E-state index in [-0.39, 0.29) is 12.3 Å². The van der Waals surface area contributed by atoms with Gasteiger partial charge >= 0.3 is 5.97 Å². The lowest BCUT2D eigenvalue weighted by Gasteiger charge is -2.21. The SMILES string of the molecule is COc1cc(C)cc2c3c([nH]c12)CCCC3CC(=O)O. The number of nitrogens with one attached hydrogen (secondary N) is 1. The van der Waals surface area contributed by atoms with Crippen LogP contribution in [-0.2, 0) is 11.2 Å². The van der Waals surface area contributed by atoms with Gasteiger partial charge in [0.2, 0.25) is 0 Å². The molecule has 0 spiro atoms.